The van der Waals surface area contributed by atoms with Crippen LogP contribution in [-0.4, -0.2) is 14.3 Å². The van der Waals surface area contributed by atoms with Crippen molar-refractivity contribution in [1.82, 2.24) is 0 Å². The molecular weight excluding hydrogens is 422 g/mol. The third-order valence-corrected chi connectivity index (χ3v) is 6.56. The number of nitrogens with one attached hydrogen (secondary N) is 1. The standard InChI is InChI=1S/C18H14BrNO3S2/c19-14-1-5-16(6-2-14)25(22,23)17-7-3-15(4-8-17)20-18(21)11-13-9-10-24-12-13/h1-10,12H,11H2,(H,20,21). The summed E-state index contributed by atoms with van der Waals surface area (Å²) in [6.45, 7) is 0. The highest BCUT2D eigenvalue weighted by Crippen LogP contribution is 2.24. The van der Waals surface area contributed by atoms with Crippen molar-refractivity contribution in [3.63, 3.8) is 0 Å². The molecule has 3 aromatic rings. The molecule has 0 aliphatic rings. The molecule has 0 aliphatic carbocycles. The highest BCUT2D eigenvalue weighted by molar-refractivity contribution is 9.10. The first kappa shape index (κ1) is 17.8. The second-order valence-electron chi connectivity index (χ2n) is 5.34. The van der Waals surface area contributed by atoms with Crippen LogP contribution in [0.3, 0.4) is 0 Å². The molecule has 0 fully saturated rings. The molecule has 0 radical (unpaired) electrons. The monoisotopic (exact) mass is 435 g/mol. The van der Waals surface area contributed by atoms with Gasteiger partial charge in [0, 0.05) is 10.2 Å². The first-order valence-corrected chi connectivity index (χ1v) is 10.6. The van der Waals surface area contributed by atoms with Gasteiger partial charge in [0.1, 0.15) is 0 Å². The summed E-state index contributed by atoms with van der Waals surface area (Å²) in [6.07, 6.45) is 0.294. The van der Waals surface area contributed by atoms with E-state index in [-0.39, 0.29) is 15.7 Å². The van der Waals surface area contributed by atoms with E-state index in [1.54, 1.807) is 47.7 Å². The van der Waals surface area contributed by atoms with E-state index in [9.17, 15) is 13.2 Å². The molecule has 7 heteroatoms. The van der Waals surface area contributed by atoms with E-state index in [0.717, 1.165) is 10.0 Å². The van der Waals surface area contributed by atoms with Gasteiger partial charge in [-0.1, -0.05) is 15.9 Å². The molecule has 128 valence electrons. The number of thiophene rings is 1. The fraction of sp³-hybridized carbons (Fsp3) is 0.0556. The molecule has 0 aliphatic heterocycles. The van der Waals surface area contributed by atoms with Crippen molar-refractivity contribution in [3.05, 3.63) is 75.4 Å². The van der Waals surface area contributed by atoms with Gasteiger partial charge in [-0.3, -0.25) is 4.79 Å². The van der Waals surface area contributed by atoms with Crippen LogP contribution in [0.2, 0.25) is 0 Å². The van der Waals surface area contributed by atoms with Crippen molar-refractivity contribution in [2.45, 2.75) is 16.2 Å². The molecule has 1 aromatic heterocycles. The van der Waals surface area contributed by atoms with Gasteiger partial charge in [-0.05, 0) is 70.9 Å². The minimum Gasteiger partial charge on any atom is -0.326 e. The number of halogens is 1. The van der Waals surface area contributed by atoms with Crippen LogP contribution in [0.15, 0.2) is 79.6 Å². The number of carbonyl (C=O) groups excluding carboxylic acids is 1. The number of hydrogen-bond acceptors (Lipinski definition) is 4. The molecule has 4 nitrogen and oxygen atoms in total. The van der Waals surface area contributed by atoms with Crippen LogP contribution in [0, 0.1) is 0 Å². The number of benzene rings is 2. The lowest BCUT2D eigenvalue weighted by atomic mass is 10.2. The molecule has 2 aromatic carbocycles. The smallest absolute Gasteiger partial charge is 0.228 e. The van der Waals surface area contributed by atoms with E-state index in [0.29, 0.717) is 12.1 Å². The van der Waals surface area contributed by atoms with Gasteiger partial charge in [0.2, 0.25) is 15.7 Å². The third-order valence-electron chi connectivity index (χ3n) is 3.52. The summed E-state index contributed by atoms with van der Waals surface area (Å²) in [5.74, 6) is -0.137. The molecule has 25 heavy (non-hydrogen) atoms. The summed E-state index contributed by atoms with van der Waals surface area (Å²) in [4.78, 5) is 12.4. The topological polar surface area (TPSA) is 63.2 Å². The molecule has 0 saturated heterocycles. The fourth-order valence-corrected chi connectivity index (χ4v) is 4.44. The number of amides is 1. The zero-order valence-electron chi connectivity index (χ0n) is 13.0. The molecule has 0 atom stereocenters. The Kier molecular flexibility index (Phi) is 5.36. The Bertz CT molecular complexity index is 964. The van der Waals surface area contributed by atoms with Crippen LogP contribution < -0.4 is 5.32 Å². The Morgan fingerprint density at radius 1 is 0.960 bits per heavy atom. The van der Waals surface area contributed by atoms with Gasteiger partial charge < -0.3 is 5.32 Å². The van der Waals surface area contributed by atoms with Gasteiger partial charge in [0.05, 0.1) is 16.2 Å². The molecule has 0 saturated carbocycles. The van der Waals surface area contributed by atoms with E-state index in [1.807, 2.05) is 16.8 Å². The fourth-order valence-electron chi connectivity index (χ4n) is 2.25. The number of rotatable bonds is 5. The second kappa shape index (κ2) is 7.51. The summed E-state index contributed by atoms with van der Waals surface area (Å²) >= 11 is 4.83. The lowest BCUT2D eigenvalue weighted by molar-refractivity contribution is -0.115. The number of carbonyl (C=O) groups is 1. The lowest BCUT2D eigenvalue weighted by Crippen LogP contribution is -2.14. The van der Waals surface area contributed by atoms with Crippen molar-refractivity contribution >= 4 is 48.7 Å². The first-order valence-electron chi connectivity index (χ1n) is 7.37. The second-order valence-corrected chi connectivity index (χ2v) is 8.98. The van der Waals surface area contributed by atoms with Crippen molar-refractivity contribution in [2.24, 2.45) is 0 Å². The normalized spacial score (nSPS) is 11.2. The molecule has 0 unspecified atom stereocenters. The van der Waals surface area contributed by atoms with E-state index >= 15 is 0 Å². The van der Waals surface area contributed by atoms with Gasteiger partial charge in [-0.2, -0.15) is 11.3 Å². The summed E-state index contributed by atoms with van der Waals surface area (Å²) in [6, 6.07) is 14.6. The van der Waals surface area contributed by atoms with Gasteiger partial charge >= 0.3 is 0 Å². The van der Waals surface area contributed by atoms with Crippen LogP contribution in [0.4, 0.5) is 5.69 Å². The Morgan fingerprint density at radius 3 is 2.12 bits per heavy atom. The summed E-state index contributed by atoms with van der Waals surface area (Å²) in [5.41, 5.74) is 1.52. The van der Waals surface area contributed by atoms with Gasteiger partial charge in [-0.25, -0.2) is 8.42 Å². The van der Waals surface area contributed by atoms with Gasteiger partial charge in [0.25, 0.3) is 0 Å². The summed E-state index contributed by atoms with van der Waals surface area (Å²) in [7, 11) is -3.57. The zero-order chi connectivity index (χ0) is 17.9. The van der Waals surface area contributed by atoms with Gasteiger partial charge in [0.15, 0.2) is 0 Å². The maximum atomic E-state index is 12.6. The van der Waals surface area contributed by atoms with Crippen molar-refractivity contribution in [3.8, 4) is 0 Å². The Hall–Kier alpha value is -1.96. The Balaban J connectivity index is 1.73. The minimum absolute atomic E-state index is 0.137. The predicted octanol–water partition coefficient (Wildman–Crippen LogP) is 4.52. The van der Waals surface area contributed by atoms with Gasteiger partial charge in [-0.15, -0.1) is 0 Å². The average molecular weight is 436 g/mol. The van der Waals surface area contributed by atoms with Crippen LogP contribution in [0.5, 0.6) is 0 Å². The Labute approximate surface area is 158 Å². The van der Waals surface area contributed by atoms with Crippen molar-refractivity contribution in [2.75, 3.05) is 5.32 Å². The van der Waals surface area contributed by atoms with E-state index in [1.165, 1.54) is 12.1 Å². The quantitative estimate of drug-likeness (QED) is 0.640. The number of anilines is 1. The zero-order valence-corrected chi connectivity index (χ0v) is 16.2. The maximum Gasteiger partial charge on any atom is 0.228 e. The van der Waals surface area contributed by atoms with E-state index < -0.39 is 9.84 Å². The molecule has 0 bridgehead atoms. The van der Waals surface area contributed by atoms with Crippen molar-refractivity contribution in [1.29, 1.82) is 0 Å². The van der Waals surface area contributed by atoms with E-state index in [4.69, 9.17) is 0 Å². The molecule has 0 spiro atoms. The van der Waals surface area contributed by atoms with Crippen LogP contribution >= 0.6 is 27.3 Å². The number of hydrogen-bond donors (Lipinski definition) is 1. The van der Waals surface area contributed by atoms with E-state index in [2.05, 4.69) is 21.2 Å². The Morgan fingerprint density at radius 2 is 1.56 bits per heavy atom. The highest BCUT2D eigenvalue weighted by atomic mass is 79.9. The lowest BCUT2D eigenvalue weighted by Gasteiger charge is -2.08. The molecule has 1 amide bonds. The predicted molar refractivity (Wildman–Crippen MR) is 103 cm³/mol. The maximum absolute atomic E-state index is 12.6. The summed E-state index contributed by atoms with van der Waals surface area (Å²) in [5, 5.41) is 6.62. The highest BCUT2D eigenvalue weighted by Gasteiger charge is 2.17. The number of sulfone groups is 1. The van der Waals surface area contributed by atoms with Crippen LogP contribution in [0.25, 0.3) is 0 Å². The molecule has 1 heterocycles. The van der Waals surface area contributed by atoms with Crippen LogP contribution in [0.1, 0.15) is 5.56 Å². The average Bonchev–Trinajstić information content (AvgIpc) is 3.08. The SMILES string of the molecule is O=C(Cc1ccsc1)Nc1ccc(S(=O)(=O)c2ccc(Br)cc2)cc1. The van der Waals surface area contributed by atoms with Crippen LogP contribution in [-0.2, 0) is 21.1 Å². The van der Waals surface area contributed by atoms with Crippen molar-refractivity contribution < 1.29 is 13.2 Å². The molecular formula is C18H14BrNO3S2. The molecule has 3 rings (SSSR count). The first-order chi connectivity index (χ1) is 11.9. The third kappa shape index (κ3) is 4.36. The largest absolute Gasteiger partial charge is 0.326 e. The molecule has 1 N–H and O–H groups in total. The minimum atomic E-state index is -3.57. The summed E-state index contributed by atoms with van der Waals surface area (Å²) < 4.78 is 26.0.